The van der Waals surface area contributed by atoms with Crippen molar-refractivity contribution in [1.82, 2.24) is 4.40 Å². The van der Waals surface area contributed by atoms with Crippen LogP contribution in [0.25, 0.3) is 16.4 Å². The standard InChI is InChI=1S/C14H13N/c1-2-11-10-12-6-3-4-7-14(12)15-9-5-8-13(11)15/h3-10H,2H2,1H3. The van der Waals surface area contributed by atoms with Crippen LogP contribution >= 0.6 is 0 Å². The van der Waals surface area contributed by atoms with E-state index in [1.165, 1.54) is 22.0 Å². The van der Waals surface area contributed by atoms with Crippen LogP contribution < -0.4 is 0 Å². The number of hydrogen-bond acceptors (Lipinski definition) is 0. The van der Waals surface area contributed by atoms with Gasteiger partial charge in [-0.1, -0.05) is 25.1 Å². The van der Waals surface area contributed by atoms with Crippen molar-refractivity contribution in [1.29, 1.82) is 0 Å². The summed E-state index contributed by atoms with van der Waals surface area (Å²) in [4.78, 5) is 0. The topological polar surface area (TPSA) is 4.41 Å². The quantitative estimate of drug-likeness (QED) is 0.558. The van der Waals surface area contributed by atoms with E-state index in [2.05, 4.69) is 60.0 Å². The number of benzene rings is 1. The lowest BCUT2D eigenvalue weighted by Gasteiger charge is -2.07. The van der Waals surface area contributed by atoms with Gasteiger partial charge in [0.15, 0.2) is 0 Å². The van der Waals surface area contributed by atoms with Gasteiger partial charge in [-0.2, -0.15) is 0 Å². The molecule has 3 rings (SSSR count). The zero-order chi connectivity index (χ0) is 10.3. The van der Waals surface area contributed by atoms with Gasteiger partial charge in [0.2, 0.25) is 0 Å². The summed E-state index contributed by atoms with van der Waals surface area (Å²) in [6.45, 7) is 2.21. The third-order valence-corrected chi connectivity index (χ3v) is 2.98. The number of rotatable bonds is 1. The van der Waals surface area contributed by atoms with Gasteiger partial charge in [0, 0.05) is 11.7 Å². The highest BCUT2D eigenvalue weighted by molar-refractivity contribution is 5.84. The minimum Gasteiger partial charge on any atom is -0.316 e. The van der Waals surface area contributed by atoms with Crippen molar-refractivity contribution >= 4 is 16.4 Å². The normalized spacial score (nSPS) is 11.3. The molecule has 0 atom stereocenters. The lowest BCUT2D eigenvalue weighted by Crippen LogP contribution is -1.91. The van der Waals surface area contributed by atoms with E-state index in [1.807, 2.05) is 0 Å². The summed E-state index contributed by atoms with van der Waals surface area (Å²) in [6.07, 6.45) is 3.22. The van der Waals surface area contributed by atoms with E-state index in [9.17, 15) is 0 Å². The molecule has 2 heterocycles. The molecule has 0 aliphatic heterocycles. The molecule has 1 aromatic carbocycles. The highest BCUT2D eigenvalue weighted by Gasteiger charge is 2.03. The number of pyridine rings is 1. The van der Waals surface area contributed by atoms with Crippen molar-refractivity contribution < 1.29 is 0 Å². The molecule has 0 saturated heterocycles. The molecule has 3 aromatic rings. The van der Waals surface area contributed by atoms with Crippen LogP contribution in [0.1, 0.15) is 12.5 Å². The highest BCUT2D eigenvalue weighted by atomic mass is 14.9. The molecule has 0 spiro atoms. The van der Waals surface area contributed by atoms with Gasteiger partial charge in [-0.05, 0) is 41.6 Å². The van der Waals surface area contributed by atoms with Crippen molar-refractivity contribution in [3.05, 3.63) is 54.2 Å². The molecule has 0 N–H and O–H groups in total. The van der Waals surface area contributed by atoms with Crippen molar-refractivity contribution in [2.45, 2.75) is 13.3 Å². The van der Waals surface area contributed by atoms with Gasteiger partial charge in [-0.15, -0.1) is 0 Å². The first-order chi connectivity index (χ1) is 7.40. The Labute approximate surface area is 89.0 Å². The van der Waals surface area contributed by atoms with Gasteiger partial charge in [-0.25, -0.2) is 0 Å². The van der Waals surface area contributed by atoms with E-state index in [0.29, 0.717) is 0 Å². The average Bonchev–Trinajstić information content (AvgIpc) is 2.77. The second-order valence-electron chi connectivity index (χ2n) is 3.85. The molecule has 0 unspecified atom stereocenters. The lowest BCUT2D eigenvalue weighted by molar-refractivity contribution is 1.13. The van der Waals surface area contributed by atoms with Crippen LogP contribution in [0.15, 0.2) is 48.7 Å². The molecule has 1 heteroatoms. The predicted molar refractivity (Wildman–Crippen MR) is 64.3 cm³/mol. The van der Waals surface area contributed by atoms with Crippen LogP contribution in [0.3, 0.4) is 0 Å². The molecule has 15 heavy (non-hydrogen) atoms. The Bertz CT molecular complexity index is 619. The molecule has 1 nitrogen and oxygen atoms in total. The van der Waals surface area contributed by atoms with Crippen LogP contribution in [0.2, 0.25) is 0 Å². The van der Waals surface area contributed by atoms with Gasteiger partial charge in [0.05, 0.1) is 5.52 Å². The van der Waals surface area contributed by atoms with Gasteiger partial charge < -0.3 is 4.40 Å². The van der Waals surface area contributed by atoms with E-state index in [-0.39, 0.29) is 0 Å². The fourth-order valence-electron chi connectivity index (χ4n) is 2.23. The van der Waals surface area contributed by atoms with Crippen molar-refractivity contribution in [3.63, 3.8) is 0 Å². The summed E-state index contributed by atoms with van der Waals surface area (Å²) >= 11 is 0. The first-order valence-electron chi connectivity index (χ1n) is 5.38. The SMILES string of the molecule is CCc1cc2ccccc2n2cccc12. The monoisotopic (exact) mass is 195 g/mol. The van der Waals surface area contributed by atoms with Crippen LogP contribution in [0.5, 0.6) is 0 Å². The van der Waals surface area contributed by atoms with E-state index >= 15 is 0 Å². The number of aromatic nitrogens is 1. The van der Waals surface area contributed by atoms with Crippen LogP contribution in [0, 0.1) is 0 Å². The number of hydrogen-bond donors (Lipinski definition) is 0. The van der Waals surface area contributed by atoms with Gasteiger partial charge in [-0.3, -0.25) is 0 Å². The number of para-hydroxylation sites is 1. The molecular formula is C14H13N. The summed E-state index contributed by atoms with van der Waals surface area (Å²) in [5.41, 5.74) is 4.03. The largest absolute Gasteiger partial charge is 0.316 e. The maximum atomic E-state index is 2.30. The fourth-order valence-corrected chi connectivity index (χ4v) is 2.23. The zero-order valence-corrected chi connectivity index (χ0v) is 8.77. The molecule has 0 aliphatic carbocycles. The van der Waals surface area contributed by atoms with Crippen molar-refractivity contribution in [2.75, 3.05) is 0 Å². The second-order valence-corrected chi connectivity index (χ2v) is 3.85. The van der Waals surface area contributed by atoms with Crippen LogP contribution in [-0.4, -0.2) is 4.40 Å². The molecular weight excluding hydrogens is 182 g/mol. The van der Waals surface area contributed by atoms with Crippen LogP contribution in [-0.2, 0) is 6.42 Å². The summed E-state index contributed by atoms with van der Waals surface area (Å²) in [7, 11) is 0. The van der Waals surface area contributed by atoms with Gasteiger partial charge in [0.1, 0.15) is 0 Å². The van der Waals surface area contributed by atoms with Gasteiger partial charge in [0.25, 0.3) is 0 Å². The second kappa shape index (κ2) is 3.13. The van der Waals surface area contributed by atoms with E-state index in [4.69, 9.17) is 0 Å². The Morgan fingerprint density at radius 1 is 1.00 bits per heavy atom. The third-order valence-electron chi connectivity index (χ3n) is 2.98. The molecule has 2 aromatic heterocycles. The fraction of sp³-hybridized carbons (Fsp3) is 0.143. The van der Waals surface area contributed by atoms with E-state index in [1.54, 1.807) is 0 Å². The maximum absolute atomic E-state index is 2.30. The Morgan fingerprint density at radius 2 is 1.80 bits per heavy atom. The molecule has 0 amide bonds. The highest BCUT2D eigenvalue weighted by Crippen LogP contribution is 2.21. The molecule has 0 radical (unpaired) electrons. The van der Waals surface area contributed by atoms with E-state index in [0.717, 1.165) is 6.42 Å². The predicted octanol–water partition coefficient (Wildman–Crippen LogP) is 3.65. The van der Waals surface area contributed by atoms with Crippen molar-refractivity contribution in [3.8, 4) is 0 Å². The van der Waals surface area contributed by atoms with Crippen LogP contribution in [0.4, 0.5) is 0 Å². The average molecular weight is 195 g/mol. The Kier molecular flexibility index (Phi) is 1.78. The smallest absolute Gasteiger partial charge is 0.0528 e. The molecule has 74 valence electrons. The Balaban J connectivity index is 2.57. The minimum absolute atomic E-state index is 1.08. The molecule has 0 fully saturated rings. The van der Waals surface area contributed by atoms with Crippen molar-refractivity contribution in [2.24, 2.45) is 0 Å². The number of nitrogens with zero attached hydrogens (tertiary/aromatic N) is 1. The summed E-state index contributed by atoms with van der Waals surface area (Å²) in [5.74, 6) is 0. The first-order valence-corrected chi connectivity index (χ1v) is 5.38. The summed E-state index contributed by atoms with van der Waals surface area (Å²) < 4.78 is 2.27. The zero-order valence-electron chi connectivity index (χ0n) is 8.77. The lowest BCUT2D eigenvalue weighted by atomic mass is 10.1. The van der Waals surface area contributed by atoms with Gasteiger partial charge >= 0.3 is 0 Å². The molecule has 0 aliphatic rings. The Hall–Kier alpha value is -1.76. The Morgan fingerprint density at radius 3 is 2.67 bits per heavy atom. The molecule has 0 saturated carbocycles. The summed E-state index contributed by atoms with van der Waals surface area (Å²) in [5, 5.41) is 1.32. The minimum atomic E-state index is 1.08. The number of fused-ring (bicyclic) bond motifs is 3. The van der Waals surface area contributed by atoms with E-state index < -0.39 is 0 Å². The number of aryl methyl sites for hydroxylation is 1. The first kappa shape index (κ1) is 8.54. The summed E-state index contributed by atoms with van der Waals surface area (Å²) in [6, 6.07) is 15.1. The third kappa shape index (κ3) is 1.16. The molecule has 0 bridgehead atoms. The maximum Gasteiger partial charge on any atom is 0.0528 e.